The van der Waals surface area contributed by atoms with Crippen LogP contribution in [0.15, 0.2) is 0 Å². The Balaban J connectivity index is 4.32. The molecule has 0 aliphatic carbocycles. The molecule has 0 aromatic rings. The lowest BCUT2D eigenvalue weighted by molar-refractivity contribution is -0.179. The summed E-state index contributed by atoms with van der Waals surface area (Å²) in [6.07, 6.45) is 7.92. The maximum atomic E-state index is 11.3. The first-order valence-corrected chi connectivity index (χ1v) is 8.66. The summed E-state index contributed by atoms with van der Waals surface area (Å²) in [7, 11) is 0. The fraction of sp³-hybridized carbons (Fsp3) is 0.824. The van der Waals surface area contributed by atoms with Gasteiger partial charge in [0.25, 0.3) is 0 Å². The van der Waals surface area contributed by atoms with Crippen LogP contribution in [-0.2, 0) is 14.4 Å². The first-order chi connectivity index (χ1) is 11.3. The summed E-state index contributed by atoms with van der Waals surface area (Å²) in [5.74, 6) is -6.47. The van der Waals surface area contributed by atoms with Crippen LogP contribution in [0.1, 0.15) is 77.6 Å². The molecule has 0 radical (unpaired) electrons. The molecule has 0 spiro atoms. The van der Waals surface area contributed by atoms with Gasteiger partial charge in [-0.1, -0.05) is 64.7 Å². The Labute approximate surface area is 142 Å². The lowest BCUT2D eigenvalue weighted by Crippen LogP contribution is -2.50. The first-order valence-electron chi connectivity index (χ1n) is 8.66. The quantitative estimate of drug-likeness (QED) is 0.335. The van der Waals surface area contributed by atoms with Crippen molar-refractivity contribution in [1.82, 2.24) is 0 Å². The monoisotopic (exact) mass is 346 g/mol. The van der Waals surface area contributed by atoms with Crippen LogP contribution in [0.25, 0.3) is 0 Å². The highest BCUT2D eigenvalue weighted by Gasteiger charge is 2.49. The Kier molecular flexibility index (Phi) is 11.0. The average Bonchev–Trinajstić information content (AvgIpc) is 2.47. The molecule has 140 valence electrons. The number of aliphatic carboxylic acids is 3. The van der Waals surface area contributed by atoms with Gasteiger partial charge in [-0.25, -0.2) is 4.79 Å². The van der Waals surface area contributed by atoms with Crippen molar-refractivity contribution >= 4 is 17.9 Å². The zero-order chi connectivity index (χ0) is 18.6. The van der Waals surface area contributed by atoms with Crippen molar-refractivity contribution in [2.45, 2.75) is 83.2 Å². The molecule has 4 N–H and O–H groups in total. The van der Waals surface area contributed by atoms with Crippen molar-refractivity contribution in [3.8, 4) is 0 Å². The second kappa shape index (κ2) is 11.8. The van der Waals surface area contributed by atoms with Gasteiger partial charge in [0.2, 0.25) is 0 Å². The number of rotatable bonds is 15. The fourth-order valence-corrected chi connectivity index (χ4v) is 2.80. The second-order valence-electron chi connectivity index (χ2n) is 6.31. The Morgan fingerprint density at radius 1 is 0.833 bits per heavy atom. The standard InChI is InChI=1S/C17H30O7/c1-2-3-4-5-6-7-8-9-10-11-13(15(20)21)17(24,16(22)23)12-14(18)19/h13,24H,2-12H2,1H3,(H,18,19)(H,20,21)(H,22,23). The summed E-state index contributed by atoms with van der Waals surface area (Å²) < 4.78 is 0. The molecule has 0 heterocycles. The molecule has 0 saturated carbocycles. The van der Waals surface area contributed by atoms with Gasteiger partial charge in [0.15, 0.2) is 5.60 Å². The van der Waals surface area contributed by atoms with E-state index in [0.29, 0.717) is 6.42 Å². The number of aliphatic hydroxyl groups is 1. The maximum absolute atomic E-state index is 11.3. The maximum Gasteiger partial charge on any atom is 0.337 e. The van der Waals surface area contributed by atoms with Gasteiger partial charge in [0, 0.05) is 0 Å². The summed E-state index contributed by atoms with van der Waals surface area (Å²) in [6.45, 7) is 2.15. The predicted octanol–water partition coefficient (Wildman–Crippen LogP) is 2.90. The lowest BCUT2D eigenvalue weighted by Gasteiger charge is -2.28. The van der Waals surface area contributed by atoms with Crippen LogP contribution < -0.4 is 0 Å². The zero-order valence-corrected chi connectivity index (χ0v) is 14.4. The molecule has 0 saturated heterocycles. The Morgan fingerprint density at radius 3 is 1.67 bits per heavy atom. The van der Waals surface area contributed by atoms with Crippen LogP contribution in [-0.4, -0.2) is 43.9 Å². The zero-order valence-electron chi connectivity index (χ0n) is 14.4. The summed E-state index contributed by atoms with van der Waals surface area (Å²) in [5.41, 5.74) is -2.78. The molecule has 2 atom stereocenters. The van der Waals surface area contributed by atoms with Gasteiger partial charge in [-0.15, -0.1) is 0 Å². The molecule has 0 amide bonds. The summed E-state index contributed by atoms with van der Waals surface area (Å²) in [4.78, 5) is 33.2. The third-order valence-electron chi connectivity index (χ3n) is 4.26. The second-order valence-corrected chi connectivity index (χ2v) is 6.31. The van der Waals surface area contributed by atoms with Crippen LogP contribution in [0.3, 0.4) is 0 Å². The van der Waals surface area contributed by atoms with Gasteiger partial charge in [0.1, 0.15) is 0 Å². The number of carboxylic acid groups (broad SMARTS) is 3. The van der Waals surface area contributed by atoms with E-state index in [2.05, 4.69) is 6.92 Å². The van der Waals surface area contributed by atoms with Crippen molar-refractivity contribution < 1.29 is 34.8 Å². The molecule has 24 heavy (non-hydrogen) atoms. The Bertz CT molecular complexity index is 408. The van der Waals surface area contributed by atoms with Crippen molar-refractivity contribution in [3.05, 3.63) is 0 Å². The minimum atomic E-state index is -2.78. The van der Waals surface area contributed by atoms with Crippen molar-refractivity contribution in [1.29, 1.82) is 0 Å². The smallest absolute Gasteiger partial charge is 0.337 e. The largest absolute Gasteiger partial charge is 0.481 e. The van der Waals surface area contributed by atoms with Gasteiger partial charge in [-0.2, -0.15) is 0 Å². The van der Waals surface area contributed by atoms with Gasteiger partial charge in [-0.05, 0) is 6.42 Å². The van der Waals surface area contributed by atoms with E-state index in [9.17, 15) is 24.6 Å². The summed E-state index contributed by atoms with van der Waals surface area (Å²) in [5, 5.41) is 37.0. The average molecular weight is 346 g/mol. The van der Waals surface area contributed by atoms with Gasteiger partial charge >= 0.3 is 17.9 Å². The molecule has 0 aliphatic rings. The molecular weight excluding hydrogens is 316 g/mol. The molecule has 0 aliphatic heterocycles. The number of unbranched alkanes of at least 4 members (excludes halogenated alkanes) is 8. The molecule has 0 aromatic heterocycles. The topological polar surface area (TPSA) is 132 Å². The fourth-order valence-electron chi connectivity index (χ4n) is 2.80. The van der Waals surface area contributed by atoms with Crippen LogP contribution in [0, 0.1) is 5.92 Å². The van der Waals surface area contributed by atoms with E-state index in [-0.39, 0.29) is 6.42 Å². The molecule has 7 nitrogen and oxygen atoms in total. The molecule has 2 unspecified atom stereocenters. The Hall–Kier alpha value is -1.63. The van der Waals surface area contributed by atoms with E-state index in [4.69, 9.17) is 10.2 Å². The third kappa shape index (κ3) is 8.29. The van der Waals surface area contributed by atoms with E-state index >= 15 is 0 Å². The van der Waals surface area contributed by atoms with Crippen LogP contribution in [0.2, 0.25) is 0 Å². The highest BCUT2D eigenvalue weighted by Crippen LogP contribution is 2.28. The minimum Gasteiger partial charge on any atom is -0.481 e. The van der Waals surface area contributed by atoms with Crippen LogP contribution in [0.4, 0.5) is 0 Å². The van der Waals surface area contributed by atoms with Crippen LogP contribution in [0.5, 0.6) is 0 Å². The molecule has 0 fully saturated rings. The van der Waals surface area contributed by atoms with Crippen molar-refractivity contribution in [2.75, 3.05) is 0 Å². The summed E-state index contributed by atoms with van der Waals surface area (Å²) in [6, 6.07) is 0. The minimum absolute atomic E-state index is 0.0543. The number of hydrogen-bond donors (Lipinski definition) is 4. The SMILES string of the molecule is CCCCCCCCCCCC(C(=O)O)C(O)(CC(=O)O)C(=O)O. The van der Waals surface area contributed by atoms with E-state index in [1.165, 1.54) is 25.7 Å². The Morgan fingerprint density at radius 2 is 1.29 bits per heavy atom. The van der Waals surface area contributed by atoms with E-state index < -0.39 is 35.8 Å². The van der Waals surface area contributed by atoms with E-state index in [1.807, 2.05) is 0 Å². The van der Waals surface area contributed by atoms with Crippen LogP contribution >= 0.6 is 0 Å². The predicted molar refractivity (Wildman–Crippen MR) is 87.8 cm³/mol. The molecule has 0 rings (SSSR count). The van der Waals surface area contributed by atoms with Gasteiger partial charge in [-0.3, -0.25) is 9.59 Å². The molecule has 0 bridgehead atoms. The molecule has 7 heteroatoms. The summed E-state index contributed by atoms with van der Waals surface area (Å²) >= 11 is 0. The molecular formula is C17H30O7. The highest BCUT2D eigenvalue weighted by molar-refractivity contribution is 5.89. The normalized spacial score (nSPS) is 14.8. The van der Waals surface area contributed by atoms with Gasteiger partial charge < -0.3 is 20.4 Å². The number of hydrogen-bond acceptors (Lipinski definition) is 4. The van der Waals surface area contributed by atoms with E-state index in [1.54, 1.807) is 0 Å². The number of carbonyl (C=O) groups is 3. The van der Waals surface area contributed by atoms with Crippen molar-refractivity contribution in [2.24, 2.45) is 5.92 Å². The van der Waals surface area contributed by atoms with Crippen molar-refractivity contribution in [3.63, 3.8) is 0 Å². The first kappa shape index (κ1) is 22.4. The number of carboxylic acids is 3. The highest BCUT2D eigenvalue weighted by atomic mass is 16.4. The van der Waals surface area contributed by atoms with Gasteiger partial charge in [0.05, 0.1) is 12.3 Å². The third-order valence-corrected chi connectivity index (χ3v) is 4.26. The molecule has 0 aromatic carbocycles. The van der Waals surface area contributed by atoms with E-state index in [0.717, 1.165) is 25.7 Å². The lowest BCUT2D eigenvalue weighted by atomic mass is 9.81.